The predicted molar refractivity (Wildman–Crippen MR) is 42.0 cm³/mol. The number of aliphatic carboxylic acids is 1. The summed E-state index contributed by atoms with van der Waals surface area (Å²) < 4.78 is 4.11. The van der Waals surface area contributed by atoms with Crippen LogP contribution in [0.25, 0.3) is 0 Å². The number of carboxylic acids is 1. The maximum Gasteiger partial charge on any atom is 0.333 e. The zero-order valence-corrected chi connectivity index (χ0v) is 7.03. The van der Waals surface area contributed by atoms with Crippen molar-refractivity contribution in [1.29, 1.82) is 0 Å². The van der Waals surface area contributed by atoms with Crippen LogP contribution < -0.4 is 0 Å². The second-order valence-corrected chi connectivity index (χ2v) is 2.25. The maximum absolute atomic E-state index is 10.7. The second kappa shape index (κ2) is 6.08. The molecule has 0 radical (unpaired) electrons. The van der Waals surface area contributed by atoms with E-state index in [1.54, 1.807) is 0 Å². The second-order valence-electron chi connectivity index (χ2n) is 2.25. The van der Waals surface area contributed by atoms with Crippen molar-refractivity contribution in [2.75, 3.05) is 6.61 Å². The number of carbonyl (C=O) groups excluding carboxylic acids is 1. The Morgan fingerprint density at radius 2 is 1.86 bits per heavy atom. The number of aliphatic hydroxyl groups is 3. The normalized spacial score (nSPS) is 15.1. The Balaban J connectivity index is 4.00. The van der Waals surface area contributed by atoms with Gasteiger partial charge in [-0.15, -0.1) is 0 Å². The van der Waals surface area contributed by atoms with E-state index in [1.165, 1.54) is 0 Å². The number of hydrogen-bond donors (Lipinski definition) is 4. The summed E-state index contributed by atoms with van der Waals surface area (Å²) in [6.45, 7) is -0.781. The molecule has 2 atom stereocenters. The van der Waals surface area contributed by atoms with Crippen LogP contribution in [-0.2, 0) is 14.3 Å². The van der Waals surface area contributed by atoms with Gasteiger partial charge in [0.1, 0.15) is 6.10 Å². The van der Waals surface area contributed by atoms with E-state index in [-0.39, 0.29) is 0 Å². The van der Waals surface area contributed by atoms with E-state index < -0.39 is 30.9 Å². The zero-order valence-electron chi connectivity index (χ0n) is 7.03. The summed E-state index contributed by atoms with van der Waals surface area (Å²) >= 11 is 0. The molecular weight excluding hydrogens is 196 g/mol. The fraction of sp³-hybridized carbons (Fsp3) is 0.429. The van der Waals surface area contributed by atoms with E-state index in [0.717, 1.165) is 0 Å². The van der Waals surface area contributed by atoms with Crippen molar-refractivity contribution in [3.8, 4) is 0 Å². The molecule has 0 saturated heterocycles. The van der Waals surface area contributed by atoms with E-state index in [0.29, 0.717) is 12.2 Å². The van der Waals surface area contributed by atoms with E-state index >= 15 is 0 Å². The molecule has 2 unspecified atom stereocenters. The first kappa shape index (κ1) is 12.6. The molecule has 0 saturated carbocycles. The van der Waals surface area contributed by atoms with Crippen LogP contribution in [0.3, 0.4) is 0 Å². The monoisotopic (exact) mass is 206 g/mol. The fourth-order valence-corrected chi connectivity index (χ4v) is 0.466. The Labute approximate surface area is 78.9 Å². The van der Waals surface area contributed by atoms with Gasteiger partial charge in [-0.05, 0) is 0 Å². The van der Waals surface area contributed by atoms with Crippen LogP contribution in [0.1, 0.15) is 0 Å². The quantitative estimate of drug-likeness (QED) is 0.229. The van der Waals surface area contributed by atoms with Gasteiger partial charge in [0.15, 0.2) is 0 Å². The molecule has 0 aromatic heterocycles. The minimum Gasteiger partial charge on any atom is -0.478 e. The summed E-state index contributed by atoms with van der Waals surface area (Å²) in [7, 11) is 0. The fourth-order valence-electron chi connectivity index (χ4n) is 0.466. The summed E-state index contributed by atoms with van der Waals surface area (Å²) in [5, 5.41) is 34.0. The molecule has 0 bridgehead atoms. The number of rotatable bonds is 5. The standard InChI is InChI=1S/C7H10O7/c8-3-4(9)7(13)14-6(12)2-1-5(10)11/h1-2,4,7-9,13H,3H2,(H,10,11)/b2-1+. The van der Waals surface area contributed by atoms with Crippen LogP contribution in [0.15, 0.2) is 12.2 Å². The van der Waals surface area contributed by atoms with Gasteiger partial charge in [0.25, 0.3) is 0 Å². The molecule has 0 rings (SSSR count). The van der Waals surface area contributed by atoms with E-state index in [2.05, 4.69) is 4.74 Å². The first-order chi connectivity index (χ1) is 6.47. The topological polar surface area (TPSA) is 124 Å². The zero-order chi connectivity index (χ0) is 11.1. The van der Waals surface area contributed by atoms with Crippen molar-refractivity contribution < 1.29 is 34.8 Å². The number of carboxylic acid groups (broad SMARTS) is 1. The highest BCUT2D eigenvalue weighted by atomic mass is 16.6. The minimum atomic E-state index is -1.88. The van der Waals surface area contributed by atoms with E-state index in [1.807, 2.05) is 0 Å². The number of ether oxygens (including phenoxy) is 1. The van der Waals surface area contributed by atoms with Crippen LogP contribution in [0.5, 0.6) is 0 Å². The summed E-state index contributed by atoms with van der Waals surface area (Å²) in [5.74, 6) is -2.48. The van der Waals surface area contributed by atoms with Gasteiger partial charge >= 0.3 is 11.9 Å². The molecule has 0 spiro atoms. The molecule has 0 fully saturated rings. The third kappa shape index (κ3) is 5.25. The molecule has 4 N–H and O–H groups in total. The minimum absolute atomic E-state index is 0.514. The SMILES string of the molecule is O=C(O)/C=C/C(=O)OC(O)C(O)CO. The van der Waals surface area contributed by atoms with Gasteiger partial charge in [-0.2, -0.15) is 0 Å². The van der Waals surface area contributed by atoms with E-state index in [4.69, 9.17) is 20.4 Å². The lowest BCUT2D eigenvalue weighted by Gasteiger charge is -2.14. The smallest absolute Gasteiger partial charge is 0.333 e. The molecule has 7 heteroatoms. The molecule has 14 heavy (non-hydrogen) atoms. The molecule has 0 aromatic carbocycles. The highest BCUT2D eigenvalue weighted by Gasteiger charge is 2.18. The Morgan fingerprint density at radius 1 is 1.29 bits per heavy atom. The lowest BCUT2D eigenvalue weighted by atomic mass is 10.4. The molecule has 0 aliphatic heterocycles. The molecule has 0 heterocycles. The van der Waals surface area contributed by atoms with Crippen molar-refractivity contribution in [2.24, 2.45) is 0 Å². The number of hydrogen-bond acceptors (Lipinski definition) is 6. The van der Waals surface area contributed by atoms with Gasteiger partial charge in [0, 0.05) is 12.2 Å². The number of carbonyl (C=O) groups is 2. The summed E-state index contributed by atoms with van der Waals surface area (Å²) in [4.78, 5) is 20.6. The Bertz CT molecular complexity index is 234. The van der Waals surface area contributed by atoms with Gasteiger partial charge < -0.3 is 25.2 Å². The predicted octanol–water partition coefficient (Wildman–Crippen LogP) is -2.16. The summed E-state index contributed by atoms with van der Waals surface area (Å²) in [6, 6.07) is 0. The first-order valence-electron chi connectivity index (χ1n) is 3.56. The van der Waals surface area contributed by atoms with Gasteiger partial charge in [-0.3, -0.25) is 0 Å². The lowest BCUT2D eigenvalue weighted by Crippen LogP contribution is -2.33. The maximum atomic E-state index is 10.7. The Morgan fingerprint density at radius 3 is 2.29 bits per heavy atom. The van der Waals surface area contributed by atoms with Crippen LogP contribution in [0.4, 0.5) is 0 Å². The molecule has 7 nitrogen and oxygen atoms in total. The largest absolute Gasteiger partial charge is 0.478 e. The number of aliphatic hydroxyl groups excluding tert-OH is 3. The average Bonchev–Trinajstić information content (AvgIpc) is 2.13. The molecule has 0 aliphatic rings. The van der Waals surface area contributed by atoms with Crippen molar-refractivity contribution in [3.63, 3.8) is 0 Å². The highest BCUT2D eigenvalue weighted by molar-refractivity contribution is 5.90. The average molecular weight is 206 g/mol. The highest BCUT2D eigenvalue weighted by Crippen LogP contribution is 1.96. The summed E-state index contributed by atoms with van der Waals surface area (Å²) in [6.07, 6.45) is -2.42. The molecule has 0 aliphatic carbocycles. The van der Waals surface area contributed by atoms with Crippen molar-refractivity contribution >= 4 is 11.9 Å². The van der Waals surface area contributed by atoms with Crippen molar-refractivity contribution in [3.05, 3.63) is 12.2 Å². The van der Waals surface area contributed by atoms with Crippen molar-refractivity contribution in [1.82, 2.24) is 0 Å². The molecule has 80 valence electrons. The molecular formula is C7H10O7. The molecule has 0 aromatic rings. The Kier molecular flexibility index (Phi) is 5.46. The van der Waals surface area contributed by atoms with Gasteiger partial charge in [-0.25, -0.2) is 9.59 Å². The van der Waals surface area contributed by atoms with Gasteiger partial charge in [-0.1, -0.05) is 0 Å². The van der Waals surface area contributed by atoms with Gasteiger partial charge in [0.2, 0.25) is 6.29 Å². The first-order valence-corrected chi connectivity index (χ1v) is 3.56. The lowest BCUT2D eigenvalue weighted by molar-refractivity contribution is -0.185. The third-order valence-electron chi connectivity index (χ3n) is 1.12. The van der Waals surface area contributed by atoms with Crippen LogP contribution in [-0.4, -0.2) is 51.4 Å². The van der Waals surface area contributed by atoms with E-state index in [9.17, 15) is 9.59 Å². The number of esters is 1. The van der Waals surface area contributed by atoms with Crippen LogP contribution in [0, 0.1) is 0 Å². The third-order valence-corrected chi connectivity index (χ3v) is 1.12. The Hall–Kier alpha value is -1.44. The summed E-state index contributed by atoms with van der Waals surface area (Å²) in [5.41, 5.74) is 0. The van der Waals surface area contributed by atoms with Crippen LogP contribution in [0.2, 0.25) is 0 Å². The van der Waals surface area contributed by atoms with Crippen LogP contribution >= 0.6 is 0 Å². The van der Waals surface area contributed by atoms with Gasteiger partial charge in [0.05, 0.1) is 6.61 Å². The van der Waals surface area contributed by atoms with Crippen molar-refractivity contribution in [2.45, 2.75) is 12.4 Å². The molecule has 0 amide bonds.